The van der Waals surface area contributed by atoms with Crippen LogP contribution in [0.1, 0.15) is 23.7 Å². The van der Waals surface area contributed by atoms with Crippen LogP contribution in [-0.4, -0.2) is 29.5 Å². The molecule has 1 aliphatic rings. The highest BCUT2D eigenvalue weighted by Gasteiger charge is 2.26. The molecule has 5 nitrogen and oxygen atoms in total. The first-order valence-electron chi connectivity index (χ1n) is 7.88. The molecule has 3 aromatic rings. The van der Waals surface area contributed by atoms with Gasteiger partial charge in [0.25, 0.3) is 0 Å². The molecule has 0 N–H and O–H groups in total. The third-order valence-electron chi connectivity index (χ3n) is 4.37. The molecule has 0 saturated carbocycles. The van der Waals surface area contributed by atoms with Gasteiger partial charge in [0.15, 0.2) is 5.82 Å². The van der Waals surface area contributed by atoms with Crippen LogP contribution in [0.3, 0.4) is 0 Å². The lowest BCUT2D eigenvalue weighted by Gasteiger charge is -2.27. The summed E-state index contributed by atoms with van der Waals surface area (Å²) in [7, 11) is 1.76. The third-order valence-corrected chi connectivity index (χ3v) is 5.27. The van der Waals surface area contributed by atoms with Crippen LogP contribution < -0.4 is 4.90 Å². The van der Waals surface area contributed by atoms with Gasteiger partial charge in [0, 0.05) is 7.05 Å². The Morgan fingerprint density at radius 1 is 1.33 bits per heavy atom. The maximum absolute atomic E-state index is 12.8. The van der Waals surface area contributed by atoms with Crippen molar-refractivity contribution in [3.63, 3.8) is 0 Å². The van der Waals surface area contributed by atoms with Crippen molar-refractivity contribution in [2.24, 2.45) is 0 Å². The number of anilines is 1. The molecule has 122 valence electrons. The highest BCUT2D eigenvalue weighted by Crippen LogP contribution is 2.32. The fraction of sp³-hybridized carbons (Fsp3) is 0.278. The Hall–Kier alpha value is -2.31. The van der Waals surface area contributed by atoms with E-state index in [1.807, 2.05) is 23.6 Å². The molecule has 2 aromatic heterocycles. The number of fused-ring (bicyclic) bond motifs is 2. The number of carbonyl (C=O) groups excluding carboxylic acids is 1. The maximum Gasteiger partial charge on any atom is 0.230 e. The molecule has 6 heteroatoms. The summed E-state index contributed by atoms with van der Waals surface area (Å²) in [6.07, 6.45) is 2.52. The number of ether oxygens (including phenoxy) is 1. The summed E-state index contributed by atoms with van der Waals surface area (Å²) in [6.45, 7) is 0.654. The van der Waals surface area contributed by atoms with Gasteiger partial charge in [-0.05, 0) is 29.0 Å². The molecule has 0 saturated heterocycles. The van der Waals surface area contributed by atoms with E-state index in [9.17, 15) is 4.79 Å². The molecule has 1 aliphatic heterocycles. The van der Waals surface area contributed by atoms with Gasteiger partial charge in [0.05, 0.1) is 29.3 Å². The van der Waals surface area contributed by atoms with Crippen LogP contribution in [0.15, 0.2) is 42.0 Å². The Morgan fingerprint density at radius 3 is 3.12 bits per heavy atom. The van der Waals surface area contributed by atoms with Crippen molar-refractivity contribution in [3.8, 4) is 0 Å². The standard InChI is InChI=1S/C18H17N3O2S/c1-21(18-17-14(7-9-24-17)19-11-20-18)16(22)10-15-13-5-3-2-4-12(13)6-8-23-15/h2-5,7,9,11,15H,6,8,10H2,1H3/t15-/m0/s1. The van der Waals surface area contributed by atoms with Gasteiger partial charge in [-0.25, -0.2) is 9.97 Å². The van der Waals surface area contributed by atoms with Gasteiger partial charge >= 0.3 is 0 Å². The van der Waals surface area contributed by atoms with E-state index in [0.717, 1.165) is 22.2 Å². The minimum absolute atomic E-state index is 0.00916. The minimum atomic E-state index is -0.189. The Kier molecular flexibility index (Phi) is 4.00. The number of hydrogen-bond acceptors (Lipinski definition) is 5. The van der Waals surface area contributed by atoms with E-state index < -0.39 is 0 Å². The van der Waals surface area contributed by atoms with Crippen LogP contribution >= 0.6 is 11.3 Å². The van der Waals surface area contributed by atoms with Crippen molar-refractivity contribution in [3.05, 3.63) is 53.2 Å². The second kappa shape index (κ2) is 6.30. The predicted octanol–water partition coefficient (Wildman–Crippen LogP) is 3.36. The van der Waals surface area contributed by atoms with E-state index in [1.165, 1.54) is 11.9 Å². The zero-order chi connectivity index (χ0) is 16.5. The van der Waals surface area contributed by atoms with Gasteiger partial charge in [-0.2, -0.15) is 0 Å². The molecule has 0 spiro atoms. The van der Waals surface area contributed by atoms with Crippen LogP contribution in [0.5, 0.6) is 0 Å². The van der Waals surface area contributed by atoms with Crippen molar-refractivity contribution >= 4 is 33.3 Å². The summed E-state index contributed by atoms with van der Waals surface area (Å²) < 4.78 is 6.78. The van der Waals surface area contributed by atoms with Gasteiger partial charge < -0.3 is 4.74 Å². The van der Waals surface area contributed by atoms with E-state index in [1.54, 1.807) is 23.3 Å². The Labute approximate surface area is 143 Å². The van der Waals surface area contributed by atoms with Crippen molar-refractivity contribution < 1.29 is 9.53 Å². The topological polar surface area (TPSA) is 55.3 Å². The normalized spacial score (nSPS) is 16.8. The predicted molar refractivity (Wildman–Crippen MR) is 94.3 cm³/mol. The second-order valence-electron chi connectivity index (χ2n) is 5.80. The molecule has 0 aliphatic carbocycles. The SMILES string of the molecule is CN(C(=O)C[C@@H]1OCCc2ccccc21)c1ncnc2ccsc12. The molecule has 3 heterocycles. The van der Waals surface area contributed by atoms with E-state index in [4.69, 9.17) is 4.74 Å². The van der Waals surface area contributed by atoms with Crippen molar-refractivity contribution in [1.29, 1.82) is 0 Å². The number of benzene rings is 1. The van der Waals surface area contributed by atoms with Crippen molar-refractivity contribution in [2.75, 3.05) is 18.6 Å². The molecule has 1 atom stereocenters. The number of hydrogen-bond donors (Lipinski definition) is 0. The molecular formula is C18H17N3O2S. The Morgan fingerprint density at radius 2 is 2.21 bits per heavy atom. The number of aromatic nitrogens is 2. The highest BCUT2D eigenvalue weighted by molar-refractivity contribution is 7.17. The fourth-order valence-corrected chi connectivity index (χ4v) is 3.94. The lowest BCUT2D eigenvalue weighted by molar-refractivity contribution is -0.121. The molecule has 0 radical (unpaired) electrons. The number of amides is 1. The number of rotatable bonds is 3. The first-order valence-corrected chi connectivity index (χ1v) is 8.76. The number of nitrogens with zero attached hydrogens (tertiary/aromatic N) is 3. The molecular weight excluding hydrogens is 322 g/mol. The molecule has 1 aromatic carbocycles. The summed E-state index contributed by atoms with van der Waals surface area (Å²) in [5.41, 5.74) is 3.25. The van der Waals surface area contributed by atoms with Gasteiger partial charge in [0.1, 0.15) is 6.33 Å². The molecule has 24 heavy (non-hydrogen) atoms. The second-order valence-corrected chi connectivity index (χ2v) is 6.71. The zero-order valence-corrected chi connectivity index (χ0v) is 14.1. The minimum Gasteiger partial charge on any atom is -0.373 e. The maximum atomic E-state index is 12.8. The Bertz CT molecular complexity index is 893. The first kappa shape index (κ1) is 15.2. The van der Waals surface area contributed by atoms with E-state index in [-0.39, 0.29) is 12.0 Å². The van der Waals surface area contributed by atoms with Crippen LogP contribution in [0, 0.1) is 0 Å². The zero-order valence-electron chi connectivity index (χ0n) is 13.3. The van der Waals surface area contributed by atoms with Gasteiger partial charge in [-0.15, -0.1) is 11.3 Å². The van der Waals surface area contributed by atoms with E-state index in [0.29, 0.717) is 18.8 Å². The molecule has 0 fully saturated rings. The van der Waals surface area contributed by atoms with Gasteiger partial charge in [0.2, 0.25) is 5.91 Å². The Balaban J connectivity index is 1.58. The van der Waals surface area contributed by atoms with Crippen molar-refractivity contribution in [1.82, 2.24) is 9.97 Å². The summed E-state index contributed by atoms with van der Waals surface area (Å²) in [4.78, 5) is 22.9. The lowest BCUT2D eigenvalue weighted by atomic mass is 9.95. The van der Waals surface area contributed by atoms with Crippen LogP contribution in [0.4, 0.5) is 5.82 Å². The first-order chi connectivity index (χ1) is 11.7. The fourth-order valence-electron chi connectivity index (χ4n) is 3.07. The average molecular weight is 339 g/mol. The monoisotopic (exact) mass is 339 g/mol. The van der Waals surface area contributed by atoms with Gasteiger partial charge in [-0.1, -0.05) is 24.3 Å². The summed E-state index contributed by atoms with van der Waals surface area (Å²) in [5, 5.41) is 1.96. The summed E-state index contributed by atoms with van der Waals surface area (Å²) in [6, 6.07) is 10.1. The lowest BCUT2D eigenvalue weighted by Crippen LogP contribution is -2.30. The molecule has 1 amide bonds. The molecule has 0 bridgehead atoms. The summed E-state index contributed by atoms with van der Waals surface area (Å²) in [5.74, 6) is 0.647. The number of thiophene rings is 1. The summed E-state index contributed by atoms with van der Waals surface area (Å²) >= 11 is 1.54. The molecule has 4 rings (SSSR count). The molecule has 0 unspecified atom stereocenters. The van der Waals surface area contributed by atoms with Gasteiger partial charge in [-0.3, -0.25) is 9.69 Å². The van der Waals surface area contributed by atoms with Crippen LogP contribution in [-0.2, 0) is 16.0 Å². The van der Waals surface area contributed by atoms with Crippen LogP contribution in [0.25, 0.3) is 10.2 Å². The van der Waals surface area contributed by atoms with Crippen LogP contribution in [0.2, 0.25) is 0 Å². The van der Waals surface area contributed by atoms with Crippen molar-refractivity contribution in [2.45, 2.75) is 18.9 Å². The largest absolute Gasteiger partial charge is 0.373 e. The third kappa shape index (κ3) is 2.68. The van der Waals surface area contributed by atoms with E-state index >= 15 is 0 Å². The van der Waals surface area contributed by atoms with E-state index in [2.05, 4.69) is 22.1 Å². The quantitative estimate of drug-likeness (QED) is 0.734. The highest BCUT2D eigenvalue weighted by atomic mass is 32.1. The average Bonchev–Trinajstić information content (AvgIpc) is 3.10. The smallest absolute Gasteiger partial charge is 0.230 e. The number of carbonyl (C=O) groups is 1.